The van der Waals surface area contributed by atoms with Crippen LogP contribution in [0.2, 0.25) is 0 Å². The summed E-state index contributed by atoms with van der Waals surface area (Å²) in [5, 5.41) is 0. The molecule has 1 aromatic carbocycles. The molecule has 3 N–H and O–H groups in total. The normalized spacial score (nSPS) is 12.4. The minimum absolute atomic E-state index is 0.186. The summed E-state index contributed by atoms with van der Waals surface area (Å²) in [5.74, 6) is 0. The molecule has 0 atom stereocenters. The topological polar surface area (TPSA) is 72.2 Å². The molecule has 0 heterocycles. The van der Waals surface area contributed by atoms with Crippen LogP contribution in [0.3, 0.4) is 0 Å². The van der Waals surface area contributed by atoms with E-state index >= 15 is 0 Å². The van der Waals surface area contributed by atoms with Gasteiger partial charge in [0.1, 0.15) is 4.99 Å². The maximum absolute atomic E-state index is 12.3. The van der Waals surface area contributed by atoms with E-state index in [2.05, 4.69) is 4.72 Å². The number of rotatable bonds is 6. The summed E-state index contributed by atoms with van der Waals surface area (Å²) < 4.78 is 27.4. The van der Waals surface area contributed by atoms with Crippen LogP contribution in [0.15, 0.2) is 29.2 Å². The Kier molecular flexibility index (Phi) is 5.06. The van der Waals surface area contributed by atoms with E-state index in [1.807, 2.05) is 20.8 Å². The van der Waals surface area contributed by atoms with Crippen molar-refractivity contribution in [2.24, 2.45) is 5.73 Å². The van der Waals surface area contributed by atoms with E-state index in [4.69, 9.17) is 18.0 Å². The van der Waals surface area contributed by atoms with Crippen molar-refractivity contribution in [2.75, 3.05) is 0 Å². The second-order valence-electron chi connectivity index (χ2n) is 4.77. The summed E-state index contributed by atoms with van der Waals surface area (Å²) in [6.45, 7) is 5.80. The molecule has 0 aliphatic rings. The Bertz CT molecular complexity index is 564. The fourth-order valence-electron chi connectivity index (χ4n) is 1.59. The highest BCUT2D eigenvalue weighted by molar-refractivity contribution is 7.89. The van der Waals surface area contributed by atoms with Gasteiger partial charge in [0.15, 0.2) is 0 Å². The zero-order valence-electron chi connectivity index (χ0n) is 11.4. The Hall–Kier alpha value is -0.980. The minimum atomic E-state index is -3.56. The second-order valence-corrected chi connectivity index (χ2v) is 6.89. The summed E-state index contributed by atoms with van der Waals surface area (Å²) in [6.07, 6.45) is 1.44. The fourth-order valence-corrected chi connectivity index (χ4v) is 3.32. The highest BCUT2D eigenvalue weighted by Crippen LogP contribution is 2.19. The Balaban J connectivity index is 3.14. The zero-order chi connectivity index (χ0) is 14.7. The van der Waals surface area contributed by atoms with Crippen LogP contribution in [0, 0.1) is 0 Å². The molecule has 6 heteroatoms. The van der Waals surface area contributed by atoms with Crippen LogP contribution in [-0.4, -0.2) is 18.9 Å². The van der Waals surface area contributed by atoms with Crippen molar-refractivity contribution in [3.8, 4) is 0 Å². The van der Waals surface area contributed by atoms with Crippen LogP contribution in [0.4, 0.5) is 0 Å². The van der Waals surface area contributed by atoms with Gasteiger partial charge in [-0.2, -0.15) is 0 Å². The molecular formula is C13H20N2O2S2. The largest absolute Gasteiger partial charge is 0.389 e. The molecule has 0 saturated carbocycles. The van der Waals surface area contributed by atoms with Crippen molar-refractivity contribution in [3.63, 3.8) is 0 Å². The minimum Gasteiger partial charge on any atom is -0.389 e. The molecular weight excluding hydrogens is 280 g/mol. The molecule has 0 radical (unpaired) electrons. The lowest BCUT2D eigenvalue weighted by atomic mass is 9.98. The molecule has 106 valence electrons. The summed E-state index contributed by atoms with van der Waals surface area (Å²) in [6, 6.07) is 6.37. The highest BCUT2D eigenvalue weighted by Gasteiger charge is 2.27. The summed E-state index contributed by atoms with van der Waals surface area (Å²) in [7, 11) is -3.56. The Morgan fingerprint density at radius 1 is 1.37 bits per heavy atom. The van der Waals surface area contributed by atoms with Gasteiger partial charge in [0.25, 0.3) is 0 Å². The van der Waals surface area contributed by atoms with Crippen molar-refractivity contribution in [3.05, 3.63) is 29.8 Å². The van der Waals surface area contributed by atoms with Gasteiger partial charge in [0.05, 0.1) is 4.90 Å². The van der Waals surface area contributed by atoms with Gasteiger partial charge in [0.2, 0.25) is 10.0 Å². The van der Waals surface area contributed by atoms with E-state index in [9.17, 15) is 8.42 Å². The van der Waals surface area contributed by atoms with E-state index in [0.717, 1.165) is 12.8 Å². The van der Waals surface area contributed by atoms with Gasteiger partial charge in [0, 0.05) is 11.1 Å². The SMILES string of the molecule is CCC(C)(CC)NS(=O)(=O)c1cccc(C(N)=S)c1. The quantitative estimate of drug-likeness (QED) is 0.790. The van der Waals surface area contributed by atoms with Gasteiger partial charge >= 0.3 is 0 Å². The van der Waals surface area contributed by atoms with E-state index in [1.165, 1.54) is 12.1 Å². The average Bonchev–Trinajstić information content (AvgIpc) is 2.38. The van der Waals surface area contributed by atoms with E-state index in [0.29, 0.717) is 5.56 Å². The second kappa shape index (κ2) is 5.98. The molecule has 0 saturated heterocycles. The van der Waals surface area contributed by atoms with Gasteiger partial charge in [-0.25, -0.2) is 13.1 Å². The molecule has 0 aliphatic heterocycles. The van der Waals surface area contributed by atoms with Crippen LogP contribution in [0.5, 0.6) is 0 Å². The summed E-state index contributed by atoms with van der Waals surface area (Å²) in [4.78, 5) is 0.372. The lowest BCUT2D eigenvalue weighted by Crippen LogP contribution is -2.44. The maximum Gasteiger partial charge on any atom is 0.241 e. The maximum atomic E-state index is 12.3. The van der Waals surface area contributed by atoms with Crippen molar-refractivity contribution < 1.29 is 8.42 Å². The number of sulfonamides is 1. The third-order valence-electron chi connectivity index (χ3n) is 3.37. The molecule has 0 bridgehead atoms. The third-order valence-corrected chi connectivity index (χ3v) is 5.24. The molecule has 0 unspecified atom stereocenters. The van der Waals surface area contributed by atoms with Gasteiger partial charge in [-0.15, -0.1) is 0 Å². The van der Waals surface area contributed by atoms with Crippen LogP contribution in [0.1, 0.15) is 39.2 Å². The van der Waals surface area contributed by atoms with Gasteiger partial charge in [-0.3, -0.25) is 0 Å². The first-order valence-corrected chi connectivity index (χ1v) is 8.07. The van der Waals surface area contributed by atoms with Crippen molar-refractivity contribution in [1.82, 2.24) is 4.72 Å². The lowest BCUT2D eigenvalue weighted by Gasteiger charge is -2.27. The Morgan fingerprint density at radius 3 is 2.42 bits per heavy atom. The third kappa shape index (κ3) is 3.99. The van der Waals surface area contributed by atoms with Crippen LogP contribution >= 0.6 is 12.2 Å². The number of benzene rings is 1. The van der Waals surface area contributed by atoms with Crippen LogP contribution in [0.25, 0.3) is 0 Å². The average molecular weight is 300 g/mol. The van der Waals surface area contributed by atoms with E-state index in [1.54, 1.807) is 12.1 Å². The molecule has 19 heavy (non-hydrogen) atoms. The monoisotopic (exact) mass is 300 g/mol. The first-order chi connectivity index (χ1) is 8.74. The molecule has 4 nitrogen and oxygen atoms in total. The first-order valence-electron chi connectivity index (χ1n) is 6.18. The standard InChI is InChI=1S/C13H20N2O2S2/c1-4-13(3,5-2)15-19(16,17)11-8-6-7-10(9-11)12(14)18/h6-9,15H,4-5H2,1-3H3,(H2,14,18). The number of thiocarbonyl (C=S) groups is 1. The van der Waals surface area contributed by atoms with Crippen LogP contribution in [-0.2, 0) is 10.0 Å². The number of hydrogen-bond donors (Lipinski definition) is 2. The molecule has 1 rings (SSSR count). The van der Waals surface area contributed by atoms with Gasteiger partial charge < -0.3 is 5.73 Å². The molecule has 0 spiro atoms. The predicted octanol–water partition coefficient (Wildman–Crippen LogP) is 2.18. The molecule has 0 aromatic heterocycles. The smallest absolute Gasteiger partial charge is 0.241 e. The van der Waals surface area contributed by atoms with Crippen LogP contribution < -0.4 is 10.5 Å². The number of nitrogens with two attached hydrogens (primary N) is 1. The summed E-state index contributed by atoms with van der Waals surface area (Å²) in [5.41, 5.74) is 5.62. The van der Waals surface area contributed by atoms with E-state index in [-0.39, 0.29) is 9.88 Å². The van der Waals surface area contributed by atoms with Gasteiger partial charge in [-0.05, 0) is 31.9 Å². The fraction of sp³-hybridized carbons (Fsp3) is 0.462. The molecule has 0 fully saturated rings. The molecule has 1 aromatic rings. The molecule has 0 aliphatic carbocycles. The summed E-state index contributed by atoms with van der Waals surface area (Å²) >= 11 is 4.86. The predicted molar refractivity (Wildman–Crippen MR) is 81.6 cm³/mol. The number of nitrogens with one attached hydrogen (secondary N) is 1. The zero-order valence-corrected chi connectivity index (χ0v) is 13.1. The van der Waals surface area contributed by atoms with Crippen molar-refractivity contribution >= 4 is 27.2 Å². The Labute approximate surface area is 120 Å². The van der Waals surface area contributed by atoms with Crippen molar-refractivity contribution in [2.45, 2.75) is 44.0 Å². The Morgan fingerprint density at radius 2 is 1.95 bits per heavy atom. The van der Waals surface area contributed by atoms with Gasteiger partial charge in [-0.1, -0.05) is 38.2 Å². The van der Waals surface area contributed by atoms with E-state index < -0.39 is 15.6 Å². The molecule has 0 amide bonds. The highest BCUT2D eigenvalue weighted by atomic mass is 32.2. The first kappa shape index (κ1) is 16.1. The number of hydrogen-bond acceptors (Lipinski definition) is 3. The van der Waals surface area contributed by atoms with Crippen molar-refractivity contribution in [1.29, 1.82) is 0 Å². The lowest BCUT2D eigenvalue weighted by molar-refractivity contribution is 0.388.